The van der Waals surface area contributed by atoms with E-state index in [0.717, 1.165) is 35.4 Å². The average Bonchev–Trinajstić information content (AvgIpc) is 3.12. The molecule has 0 spiro atoms. The van der Waals surface area contributed by atoms with Gasteiger partial charge in [0.2, 0.25) is 5.95 Å². The minimum atomic E-state index is 0.195. The number of benzene rings is 2. The standard InChI is InChI=1S/C19H20N4O/c1-13-8-9-17(24)16(12-13)21-19-20-15-7-3-2-6-14(15)18(22-19)23-10-4-5-11-23/h2-3,6-9,12,24H,4-5,10-11H2,1H3,(H,20,21,22). The molecule has 0 radical (unpaired) electrons. The number of para-hydroxylation sites is 1. The summed E-state index contributed by atoms with van der Waals surface area (Å²) in [7, 11) is 0. The van der Waals surface area contributed by atoms with Crippen LogP contribution in [-0.2, 0) is 0 Å². The lowest BCUT2D eigenvalue weighted by atomic mass is 10.2. The van der Waals surface area contributed by atoms with Crippen LogP contribution in [0.2, 0.25) is 0 Å². The molecule has 1 aliphatic heterocycles. The number of rotatable bonds is 3. The molecule has 1 fully saturated rings. The SMILES string of the molecule is Cc1ccc(O)c(Nc2nc(N3CCCC3)c3ccccc3n2)c1. The van der Waals surface area contributed by atoms with Crippen molar-refractivity contribution < 1.29 is 5.11 Å². The number of aryl methyl sites for hydroxylation is 1. The zero-order valence-corrected chi connectivity index (χ0v) is 13.7. The van der Waals surface area contributed by atoms with Crippen LogP contribution in [0.15, 0.2) is 42.5 Å². The molecule has 24 heavy (non-hydrogen) atoms. The number of aromatic hydroxyl groups is 1. The molecule has 5 nitrogen and oxygen atoms in total. The number of nitrogens with one attached hydrogen (secondary N) is 1. The first-order valence-corrected chi connectivity index (χ1v) is 8.29. The summed E-state index contributed by atoms with van der Waals surface area (Å²) in [6.07, 6.45) is 2.39. The Morgan fingerprint density at radius 3 is 2.67 bits per heavy atom. The van der Waals surface area contributed by atoms with E-state index in [1.165, 1.54) is 12.8 Å². The highest BCUT2D eigenvalue weighted by Crippen LogP contribution is 2.31. The number of hydrogen-bond acceptors (Lipinski definition) is 5. The summed E-state index contributed by atoms with van der Waals surface area (Å²) in [4.78, 5) is 11.7. The molecule has 122 valence electrons. The smallest absolute Gasteiger partial charge is 0.229 e. The summed E-state index contributed by atoms with van der Waals surface area (Å²) in [5, 5.41) is 14.3. The van der Waals surface area contributed by atoms with Gasteiger partial charge in [-0.15, -0.1) is 0 Å². The van der Waals surface area contributed by atoms with E-state index in [-0.39, 0.29) is 5.75 Å². The van der Waals surface area contributed by atoms with Gasteiger partial charge in [-0.1, -0.05) is 18.2 Å². The van der Waals surface area contributed by atoms with Gasteiger partial charge in [0.15, 0.2) is 0 Å². The molecule has 4 rings (SSSR count). The van der Waals surface area contributed by atoms with Crippen molar-refractivity contribution in [3.63, 3.8) is 0 Å². The van der Waals surface area contributed by atoms with E-state index in [4.69, 9.17) is 4.98 Å². The molecule has 1 saturated heterocycles. The second-order valence-electron chi connectivity index (χ2n) is 6.23. The lowest BCUT2D eigenvalue weighted by Crippen LogP contribution is -2.20. The third kappa shape index (κ3) is 2.73. The lowest BCUT2D eigenvalue weighted by molar-refractivity contribution is 0.477. The fourth-order valence-electron chi connectivity index (χ4n) is 3.16. The van der Waals surface area contributed by atoms with Gasteiger partial charge in [0.05, 0.1) is 11.2 Å². The number of aromatic nitrogens is 2. The van der Waals surface area contributed by atoms with Crippen molar-refractivity contribution in [2.75, 3.05) is 23.3 Å². The van der Waals surface area contributed by atoms with Gasteiger partial charge in [-0.05, 0) is 49.6 Å². The fraction of sp³-hybridized carbons (Fsp3) is 0.263. The maximum Gasteiger partial charge on any atom is 0.229 e. The zero-order valence-electron chi connectivity index (χ0n) is 13.7. The summed E-state index contributed by atoms with van der Waals surface area (Å²) in [5.74, 6) is 1.67. The van der Waals surface area contributed by atoms with Gasteiger partial charge in [-0.3, -0.25) is 0 Å². The molecule has 0 saturated carbocycles. The van der Waals surface area contributed by atoms with Gasteiger partial charge in [-0.25, -0.2) is 4.98 Å². The summed E-state index contributed by atoms with van der Waals surface area (Å²) >= 11 is 0. The molecule has 2 aromatic carbocycles. The van der Waals surface area contributed by atoms with Gasteiger partial charge < -0.3 is 15.3 Å². The number of anilines is 3. The first kappa shape index (κ1) is 14.8. The Labute approximate surface area is 141 Å². The van der Waals surface area contributed by atoms with Crippen LogP contribution in [0.3, 0.4) is 0 Å². The molecule has 3 aromatic rings. The monoisotopic (exact) mass is 320 g/mol. The third-order valence-corrected chi connectivity index (χ3v) is 4.39. The number of phenolic OH excluding ortho intramolecular Hbond substituents is 1. The van der Waals surface area contributed by atoms with E-state index in [1.807, 2.05) is 37.3 Å². The van der Waals surface area contributed by atoms with Crippen molar-refractivity contribution in [2.24, 2.45) is 0 Å². The quantitative estimate of drug-likeness (QED) is 0.715. The van der Waals surface area contributed by atoms with Crippen molar-refractivity contribution in [1.29, 1.82) is 0 Å². The molecule has 0 aliphatic carbocycles. The van der Waals surface area contributed by atoms with Crippen molar-refractivity contribution in [3.05, 3.63) is 48.0 Å². The molecule has 2 heterocycles. The molecule has 0 atom stereocenters. The fourth-order valence-corrected chi connectivity index (χ4v) is 3.16. The van der Waals surface area contributed by atoms with E-state index < -0.39 is 0 Å². The second-order valence-corrected chi connectivity index (χ2v) is 6.23. The zero-order chi connectivity index (χ0) is 16.5. The topological polar surface area (TPSA) is 61.3 Å². The predicted octanol–water partition coefficient (Wildman–Crippen LogP) is 3.99. The van der Waals surface area contributed by atoms with Crippen LogP contribution >= 0.6 is 0 Å². The molecule has 2 N–H and O–H groups in total. The molecule has 1 aromatic heterocycles. The van der Waals surface area contributed by atoms with E-state index in [1.54, 1.807) is 6.07 Å². The molecule has 0 unspecified atom stereocenters. The van der Waals surface area contributed by atoms with Crippen LogP contribution in [0.1, 0.15) is 18.4 Å². The molecule has 0 bridgehead atoms. The maximum atomic E-state index is 10.1. The van der Waals surface area contributed by atoms with Gasteiger partial charge in [-0.2, -0.15) is 4.98 Å². The Morgan fingerprint density at radius 2 is 1.83 bits per heavy atom. The van der Waals surface area contributed by atoms with Gasteiger partial charge in [0, 0.05) is 18.5 Å². The van der Waals surface area contributed by atoms with Crippen molar-refractivity contribution >= 4 is 28.4 Å². The number of phenols is 1. The summed E-state index contributed by atoms with van der Waals surface area (Å²) in [5.41, 5.74) is 2.59. The first-order chi connectivity index (χ1) is 11.7. The van der Waals surface area contributed by atoms with E-state index in [0.29, 0.717) is 11.6 Å². The molecular weight excluding hydrogens is 300 g/mol. The molecule has 0 amide bonds. The van der Waals surface area contributed by atoms with Crippen LogP contribution in [0.5, 0.6) is 5.75 Å². The Balaban J connectivity index is 1.79. The number of hydrogen-bond donors (Lipinski definition) is 2. The highest BCUT2D eigenvalue weighted by molar-refractivity contribution is 5.91. The van der Waals surface area contributed by atoms with Gasteiger partial charge >= 0.3 is 0 Å². The highest BCUT2D eigenvalue weighted by Gasteiger charge is 2.18. The van der Waals surface area contributed by atoms with E-state index in [9.17, 15) is 5.11 Å². The van der Waals surface area contributed by atoms with Gasteiger partial charge in [0.1, 0.15) is 11.6 Å². The van der Waals surface area contributed by atoms with Crippen LogP contribution < -0.4 is 10.2 Å². The summed E-state index contributed by atoms with van der Waals surface area (Å²) in [6.45, 7) is 4.04. The van der Waals surface area contributed by atoms with E-state index >= 15 is 0 Å². The molecule has 1 aliphatic rings. The highest BCUT2D eigenvalue weighted by atomic mass is 16.3. The summed E-state index contributed by atoms with van der Waals surface area (Å²) in [6, 6.07) is 13.5. The summed E-state index contributed by atoms with van der Waals surface area (Å²) < 4.78 is 0. The van der Waals surface area contributed by atoms with E-state index in [2.05, 4.69) is 21.3 Å². The Kier molecular flexibility index (Phi) is 3.69. The maximum absolute atomic E-state index is 10.1. The largest absolute Gasteiger partial charge is 0.506 e. The first-order valence-electron chi connectivity index (χ1n) is 8.29. The van der Waals surface area contributed by atoms with Crippen LogP contribution in [0.4, 0.5) is 17.5 Å². The minimum Gasteiger partial charge on any atom is -0.506 e. The number of fused-ring (bicyclic) bond motifs is 1. The Hall–Kier alpha value is -2.82. The molecular formula is C19H20N4O. The van der Waals surface area contributed by atoms with Crippen molar-refractivity contribution in [3.8, 4) is 5.75 Å². The van der Waals surface area contributed by atoms with Crippen molar-refractivity contribution in [2.45, 2.75) is 19.8 Å². The minimum absolute atomic E-state index is 0.195. The van der Waals surface area contributed by atoms with Crippen LogP contribution in [0, 0.1) is 6.92 Å². The van der Waals surface area contributed by atoms with Crippen LogP contribution in [0.25, 0.3) is 10.9 Å². The predicted molar refractivity (Wildman–Crippen MR) is 97.1 cm³/mol. The Bertz CT molecular complexity index is 888. The average molecular weight is 320 g/mol. The lowest BCUT2D eigenvalue weighted by Gasteiger charge is -2.19. The van der Waals surface area contributed by atoms with Crippen LogP contribution in [-0.4, -0.2) is 28.2 Å². The normalized spacial score (nSPS) is 14.3. The van der Waals surface area contributed by atoms with Gasteiger partial charge in [0.25, 0.3) is 0 Å². The van der Waals surface area contributed by atoms with Crippen molar-refractivity contribution in [1.82, 2.24) is 9.97 Å². The third-order valence-electron chi connectivity index (χ3n) is 4.39. The molecule has 5 heteroatoms. The second kappa shape index (κ2) is 6.00. The number of nitrogens with zero attached hydrogens (tertiary/aromatic N) is 3. The Morgan fingerprint density at radius 1 is 1.04 bits per heavy atom.